The minimum absolute atomic E-state index is 0.154. The fraction of sp³-hybridized carbons (Fsp3) is 0.611. The summed E-state index contributed by atoms with van der Waals surface area (Å²) in [5, 5.41) is 5.88. The fourth-order valence-electron chi connectivity index (χ4n) is 3.61. The summed E-state index contributed by atoms with van der Waals surface area (Å²) in [5.74, 6) is 1.34. The second-order valence-electron chi connectivity index (χ2n) is 6.93. The Morgan fingerprint density at radius 2 is 2.12 bits per heavy atom. The first-order valence-electron chi connectivity index (χ1n) is 9.08. The van der Waals surface area contributed by atoms with Crippen molar-refractivity contribution in [2.24, 2.45) is 5.41 Å². The van der Waals surface area contributed by atoms with E-state index in [1.54, 1.807) is 19.4 Å². The number of carbonyl (C=O) groups is 1. The minimum Gasteiger partial charge on any atom is -0.486 e. The molecule has 0 atom stereocenters. The molecule has 8 heteroatoms. The van der Waals surface area contributed by atoms with Gasteiger partial charge in [0.15, 0.2) is 5.75 Å². The van der Waals surface area contributed by atoms with Crippen molar-refractivity contribution in [1.29, 1.82) is 0 Å². The Morgan fingerprint density at radius 1 is 1.38 bits per heavy atom. The van der Waals surface area contributed by atoms with E-state index in [0.717, 1.165) is 45.3 Å². The molecule has 2 N–H and O–H groups in total. The third-order valence-electron chi connectivity index (χ3n) is 5.20. The Bertz CT molecular complexity index is 641. The summed E-state index contributed by atoms with van der Waals surface area (Å²) >= 11 is 0. The minimum atomic E-state index is -0.208. The molecule has 1 amide bonds. The monoisotopic (exact) mass is 363 g/mol. The normalized spacial score (nSPS) is 20.2. The Balaban J connectivity index is 1.54. The lowest BCUT2D eigenvalue weighted by Gasteiger charge is -2.42. The van der Waals surface area contributed by atoms with E-state index in [1.165, 1.54) is 0 Å². The van der Waals surface area contributed by atoms with Crippen LogP contribution in [0.1, 0.15) is 25.7 Å². The maximum atomic E-state index is 12.7. The lowest BCUT2D eigenvalue weighted by molar-refractivity contribution is -0.134. The summed E-state index contributed by atoms with van der Waals surface area (Å²) in [6.07, 6.45) is 7.44. The van der Waals surface area contributed by atoms with Crippen molar-refractivity contribution in [2.45, 2.75) is 25.7 Å². The molecule has 3 rings (SSSR count). The summed E-state index contributed by atoms with van der Waals surface area (Å²) in [6.45, 7) is 2.91. The second-order valence-corrected chi connectivity index (χ2v) is 6.93. The molecule has 0 aliphatic carbocycles. The molecule has 1 spiro atoms. The summed E-state index contributed by atoms with van der Waals surface area (Å²) in [4.78, 5) is 23.1. The van der Waals surface area contributed by atoms with Crippen LogP contribution >= 0.6 is 0 Å². The van der Waals surface area contributed by atoms with Gasteiger partial charge in [-0.05, 0) is 32.7 Å². The van der Waals surface area contributed by atoms with Crippen LogP contribution in [0.4, 0.5) is 10.3 Å². The van der Waals surface area contributed by atoms with E-state index >= 15 is 0 Å². The van der Waals surface area contributed by atoms with Gasteiger partial charge in [-0.2, -0.15) is 0 Å². The molecular formula is C18H26FN5O2. The van der Waals surface area contributed by atoms with E-state index in [-0.39, 0.29) is 17.9 Å². The number of likely N-dealkylation sites (N-methyl/N-ethyl adjacent to an activating group) is 1. The van der Waals surface area contributed by atoms with Crippen LogP contribution in [0.5, 0.6) is 5.75 Å². The Labute approximate surface area is 153 Å². The molecule has 2 saturated heterocycles. The van der Waals surface area contributed by atoms with Crippen molar-refractivity contribution in [3.05, 3.63) is 24.3 Å². The van der Waals surface area contributed by atoms with Crippen molar-refractivity contribution in [1.82, 2.24) is 20.6 Å². The molecule has 1 aromatic heterocycles. The zero-order valence-electron chi connectivity index (χ0n) is 15.1. The Morgan fingerprint density at radius 3 is 2.73 bits per heavy atom. The quantitative estimate of drug-likeness (QED) is 0.796. The van der Waals surface area contributed by atoms with E-state index in [2.05, 4.69) is 25.5 Å². The summed E-state index contributed by atoms with van der Waals surface area (Å²) in [7, 11) is 1.75. The maximum Gasteiger partial charge on any atom is 0.226 e. The zero-order chi connectivity index (χ0) is 18.4. The number of rotatable bonds is 6. The van der Waals surface area contributed by atoms with E-state index < -0.39 is 0 Å². The molecule has 1 aromatic rings. The van der Waals surface area contributed by atoms with Gasteiger partial charge in [-0.25, -0.2) is 14.4 Å². The van der Waals surface area contributed by atoms with Crippen LogP contribution in [-0.4, -0.2) is 55.7 Å². The lowest BCUT2D eigenvalue weighted by Crippen LogP contribution is -2.52. The first kappa shape index (κ1) is 18.6. The van der Waals surface area contributed by atoms with Crippen molar-refractivity contribution in [2.75, 3.05) is 44.7 Å². The number of ether oxygens (including phenoxy) is 1. The number of nitrogens with zero attached hydrogens (tertiary/aromatic N) is 3. The van der Waals surface area contributed by atoms with Crippen LogP contribution in [0.15, 0.2) is 24.3 Å². The van der Waals surface area contributed by atoms with E-state index in [0.29, 0.717) is 30.1 Å². The Hall–Kier alpha value is -2.22. The van der Waals surface area contributed by atoms with Gasteiger partial charge in [0, 0.05) is 31.8 Å². The predicted octanol–water partition coefficient (Wildman–Crippen LogP) is 1.42. The summed E-state index contributed by atoms with van der Waals surface area (Å²) < 4.78 is 18.2. The highest BCUT2D eigenvalue weighted by Gasteiger charge is 2.42. The highest BCUT2D eigenvalue weighted by atomic mass is 19.1. The standard InChI is InChI=1S/C18H26FN5O2/c1-20-10-14(9-19)13-26-15-11-22-17(23-12-15)24-7-4-18(5-8-24)3-2-6-21-16(18)25/h9,11-12,20H,2-8,10,13H2,1H3,(H,21,25)/b14-9+. The molecule has 7 nitrogen and oxygen atoms in total. The first-order valence-corrected chi connectivity index (χ1v) is 9.08. The molecule has 0 bridgehead atoms. The number of halogens is 1. The number of amides is 1. The van der Waals surface area contributed by atoms with Crippen LogP contribution in [0.25, 0.3) is 0 Å². The molecule has 0 radical (unpaired) electrons. The SMILES string of the molecule is CNC/C(=C\F)COc1cnc(N2CCC3(CCCNC3=O)CC2)nc1. The second kappa shape index (κ2) is 8.44. The van der Waals surface area contributed by atoms with Gasteiger partial charge in [-0.1, -0.05) is 0 Å². The van der Waals surface area contributed by atoms with Crippen LogP contribution in [-0.2, 0) is 4.79 Å². The van der Waals surface area contributed by atoms with Gasteiger partial charge in [-0.15, -0.1) is 0 Å². The maximum absolute atomic E-state index is 12.7. The topological polar surface area (TPSA) is 79.4 Å². The van der Waals surface area contributed by atoms with Gasteiger partial charge in [0.25, 0.3) is 0 Å². The van der Waals surface area contributed by atoms with Gasteiger partial charge in [0.2, 0.25) is 11.9 Å². The molecule has 2 fully saturated rings. The molecule has 0 saturated carbocycles. The van der Waals surface area contributed by atoms with E-state index in [9.17, 15) is 9.18 Å². The molecule has 26 heavy (non-hydrogen) atoms. The third kappa shape index (κ3) is 4.12. The molecular weight excluding hydrogens is 337 g/mol. The van der Waals surface area contributed by atoms with Crippen molar-refractivity contribution >= 4 is 11.9 Å². The Kier molecular flexibility index (Phi) is 6.03. The van der Waals surface area contributed by atoms with Gasteiger partial charge in [0.05, 0.1) is 24.1 Å². The lowest BCUT2D eigenvalue weighted by atomic mass is 9.72. The molecule has 3 heterocycles. The highest BCUT2D eigenvalue weighted by molar-refractivity contribution is 5.83. The van der Waals surface area contributed by atoms with Crippen molar-refractivity contribution < 1.29 is 13.9 Å². The largest absolute Gasteiger partial charge is 0.486 e. The molecule has 0 aromatic carbocycles. The number of carbonyl (C=O) groups excluding carboxylic acids is 1. The average molecular weight is 363 g/mol. The molecule has 142 valence electrons. The number of nitrogens with one attached hydrogen (secondary N) is 2. The molecule has 2 aliphatic heterocycles. The van der Waals surface area contributed by atoms with Crippen LogP contribution in [0.2, 0.25) is 0 Å². The van der Waals surface area contributed by atoms with Crippen LogP contribution in [0, 0.1) is 5.41 Å². The highest BCUT2D eigenvalue weighted by Crippen LogP contribution is 2.38. The third-order valence-corrected chi connectivity index (χ3v) is 5.20. The predicted molar refractivity (Wildman–Crippen MR) is 96.8 cm³/mol. The smallest absolute Gasteiger partial charge is 0.226 e. The first-order chi connectivity index (χ1) is 12.7. The van der Waals surface area contributed by atoms with Crippen molar-refractivity contribution in [3.63, 3.8) is 0 Å². The molecule has 0 unspecified atom stereocenters. The number of piperidine rings is 2. The number of hydrogen-bond donors (Lipinski definition) is 2. The molecule has 2 aliphatic rings. The summed E-state index contributed by atoms with van der Waals surface area (Å²) in [6, 6.07) is 0. The van der Waals surface area contributed by atoms with Crippen LogP contribution < -0.4 is 20.3 Å². The number of anilines is 1. The summed E-state index contributed by atoms with van der Waals surface area (Å²) in [5.41, 5.74) is 0.309. The van der Waals surface area contributed by atoms with Gasteiger partial charge >= 0.3 is 0 Å². The zero-order valence-corrected chi connectivity index (χ0v) is 15.1. The van der Waals surface area contributed by atoms with E-state index in [4.69, 9.17) is 4.74 Å². The van der Waals surface area contributed by atoms with Gasteiger partial charge < -0.3 is 20.3 Å². The van der Waals surface area contributed by atoms with E-state index in [1.807, 2.05) is 0 Å². The van der Waals surface area contributed by atoms with Gasteiger partial charge in [0.1, 0.15) is 6.61 Å². The van der Waals surface area contributed by atoms with Crippen LogP contribution in [0.3, 0.4) is 0 Å². The van der Waals surface area contributed by atoms with Crippen molar-refractivity contribution in [3.8, 4) is 5.75 Å². The van der Waals surface area contributed by atoms with Gasteiger partial charge in [-0.3, -0.25) is 4.79 Å². The number of hydrogen-bond acceptors (Lipinski definition) is 6. The average Bonchev–Trinajstić information content (AvgIpc) is 2.69. The fourth-order valence-corrected chi connectivity index (χ4v) is 3.61. The number of aromatic nitrogens is 2.